The van der Waals surface area contributed by atoms with Crippen molar-refractivity contribution in [1.82, 2.24) is 19.8 Å². The summed E-state index contributed by atoms with van der Waals surface area (Å²) in [5, 5.41) is 3.36. The van der Waals surface area contributed by atoms with Crippen molar-refractivity contribution in [2.75, 3.05) is 20.1 Å². The standard InChI is InChI=1S/C15H28N4/c1-13(18-8-6-5-7-9-18)11-19-12-17-10-14(19)15(2,3)16-4/h10,12-13,16H,5-9,11H2,1-4H3. The summed E-state index contributed by atoms with van der Waals surface area (Å²) in [6.45, 7) is 10.3. The van der Waals surface area contributed by atoms with Crippen molar-refractivity contribution in [3.8, 4) is 0 Å². The van der Waals surface area contributed by atoms with E-state index in [4.69, 9.17) is 0 Å². The summed E-state index contributed by atoms with van der Waals surface area (Å²) in [6, 6.07) is 0.584. The summed E-state index contributed by atoms with van der Waals surface area (Å²) in [5.41, 5.74) is 1.23. The fourth-order valence-electron chi connectivity index (χ4n) is 2.87. The molecule has 0 saturated carbocycles. The number of piperidine rings is 1. The van der Waals surface area contributed by atoms with Gasteiger partial charge in [0.1, 0.15) is 0 Å². The van der Waals surface area contributed by atoms with Crippen LogP contribution in [-0.2, 0) is 12.1 Å². The van der Waals surface area contributed by atoms with Gasteiger partial charge in [0, 0.05) is 18.8 Å². The molecule has 4 heteroatoms. The van der Waals surface area contributed by atoms with E-state index >= 15 is 0 Å². The molecule has 1 atom stereocenters. The van der Waals surface area contributed by atoms with Crippen LogP contribution >= 0.6 is 0 Å². The molecule has 1 N–H and O–H groups in total. The Bertz CT molecular complexity index is 391. The molecule has 0 radical (unpaired) electrons. The predicted molar refractivity (Wildman–Crippen MR) is 79.2 cm³/mol. The number of likely N-dealkylation sites (tertiary alicyclic amines) is 1. The highest BCUT2D eigenvalue weighted by Crippen LogP contribution is 2.20. The lowest BCUT2D eigenvalue weighted by Crippen LogP contribution is -2.41. The number of nitrogens with one attached hydrogen (secondary N) is 1. The van der Waals surface area contributed by atoms with Crippen molar-refractivity contribution in [2.45, 2.75) is 58.2 Å². The Kier molecular flexibility index (Phi) is 4.63. The van der Waals surface area contributed by atoms with Gasteiger partial charge in [-0.05, 0) is 53.8 Å². The van der Waals surface area contributed by atoms with Gasteiger partial charge in [-0.1, -0.05) is 6.42 Å². The van der Waals surface area contributed by atoms with Gasteiger partial charge >= 0.3 is 0 Å². The lowest BCUT2D eigenvalue weighted by Gasteiger charge is -2.34. The van der Waals surface area contributed by atoms with E-state index in [1.165, 1.54) is 38.0 Å². The van der Waals surface area contributed by atoms with Crippen molar-refractivity contribution in [1.29, 1.82) is 0 Å². The quantitative estimate of drug-likeness (QED) is 0.885. The van der Waals surface area contributed by atoms with Crippen molar-refractivity contribution < 1.29 is 0 Å². The molecule has 0 amide bonds. The van der Waals surface area contributed by atoms with E-state index in [1.54, 1.807) is 0 Å². The first kappa shape index (κ1) is 14.5. The van der Waals surface area contributed by atoms with Crippen LogP contribution in [0.15, 0.2) is 12.5 Å². The van der Waals surface area contributed by atoms with Gasteiger partial charge in [0.2, 0.25) is 0 Å². The molecule has 0 aromatic carbocycles. The predicted octanol–water partition coefficient (Wildman–Crippen LogP) is 2.21. The number of hydrogen-bond acceptors (Lipinski definition) is 3. The van der Waals surface area contributed by atoms with Crippen LogP contribution < -0.4 is 5.32 Å². The Morgan fingerprint density at radius 2 is 2.00 bits per heavy atom. The number of nitrogens with zero attached hydrogens (tertiary/aromatic N) is 3. The van der Waals surface area contributed by atoms with E-state index in [9.17, 15) is 0 Å². The molecule has 1 saturated heterocycles. The Morgan fingerprint density at radius 1 is 1.32 bits per heavy atom. The monoisotopic (exact) mass is 264 g/mol. The highest BCUT2D eigenvalue weighted by Gasteiger charge is 2.24. The van der Waals surface area contributed by atoms with Gasteiger partial charge in [-0.25, -0.2) is 4.98 Å². The highest BCUT2D eigenvalue weighted by molar-refractivity contribution is 5.11. The fourth-order valence-corrected chi connectivity index (χ4v) is 2.87. The van der Waals surface area contributed by atoms with E-state index in [0.29, 0.717) is 6.04 Å². The Hall–Kier alpha value is -0.870. The van der Waals surface area contributed by atoms with Crippen LogP contribution in [0.1, 0.15) is 45.7 Å². The number of rotatable bonds is 5. The molecular formula is C15H28N4. The van der Waals surface area contributed by atoms with Gasteiger partial charge in [-0.15, -0.1) is 0 Å². The van der Waals surface area contributed by atoms with Crippen molar-refractivity contribution >= 4 is 0 Å². The average Bonchev–Trinajstić information content (AvgIpc) is 2.88. The topological polar surface area (TPSA) is 33.1 Å². The molecule has 2 rings (SSSR count). The molecule has 2 heterocycles. The van der Waals surface area contributed by atoms with Gasteiger partial charge in [0.15, 0.2) is 0 Å². The molecule has 108 valence electrons. The maximum absolute atomic E-state index is 4.34. The fraction of sp³-hybridized carbons (Fsp3) is 0.800. The van der Waals surface area contributed by atoms with E-state index in [0.717, 1.165) is 6.54 Å². The second-order valence-corrected chi connectivity index (χ2v) is 6.25. The summed E-state index contributed by atoms with van der Waals surface area (Å²) >= 11 is 0. The molecule has 1 aromatic heterocycles. The molecule has 0 bridgehead atoms. The first-order valence-electron chi connectivity index (χ1n) is 7.48. The second-order valence-electron chi connectivity index (χ2n) is 6.25. The minimum absolute atomic E-state index is 0.0296. The van der Waals surface area contributed by atoms with Crippen molar-refractivity contribution in [3.05, 3.63) is 18.2 Å². The second kappa shape index (κ2) is 6.06. The summed E-state index contributed by atoms with van der Waals surface area (Å²) in [4.78, 5) is 6.95. The minimum Gasteiger partial charge on any atom is -0.331 e. The molecule has 1 unspecified atom stereocenters. The Balaban J connectivity index is 2.04. The molecule has 0 aliphatic carbocycles. The summed E-state index contributed by atoms with van der Waals surface area (Å²) in [5.74, 6) is 0. The van der Waals surface area contributed by atoms with Gasteiger partial charge < -0.3 is 9.88 Å². The van der Waals surface area contributed by atoms with Crippen LogP contribution in [0.3, 0.4) is 0 Å². The third-order valence-electron chi connectivity index (χ3n) is 4.45. The largest absolute Gasteiger partial charge is 0.331 e. The molecule has 1 aliphatic heterocycles. The molecule has 1 aliphatic rings. The smallest absolute Gasteiger partial charge is 0.0949 e. The van der Waals surface area contributed by atoms with Crippen molar-refractivity contribution in [3.63, 3.8) is 0 Å². The van der Waals surface area contributed by atoms with E-state index in [2.05, 4.69) is 40.5 Å². The van der Waals surface area contributed by atoms with Gasteiger partial charge in [-0.3, -0.25) is 4.90 Å². The lowest BCUT2D eigenvalue weighted by atomic mass is 10.0. The molecular weight excluding hydrogens is 236 g/mol. The number of hydrogen-bond donors (Lipinski definition) is 1. The minimum atomic E-state index is -0.0296. The van der Waals surface area contributed by atoms with Crippen LogP contribution in [0.25, 0.3) is 0 Å². The molecule has 0 spiro atoms. The highest BCUT2D eigenvalue weighted by atomic mass is 15.2. The summed E-state index contributed by atoms with van der Waals surface area (Å²) in [7, 11) is 2.01. The zero-order chi connectivity index (χ0) is 13.9. The normalized spacial score (nSPS) is 19.6. The zero-order valence-corrected chi connectivity index (χ0v) is 12.8. The maximum atomic E-state index is 4.34. The molecule has 1 aromatic rings. The SMILES string of the molecule is CNC(C)(C)c1cncn1CC(C)N1CCCCC1. The van der Waals surface area contributed by atoms with Gasteiger partial charge in [0.05, 0.1) is 17.6 Å². The van der Waals surface area contributed by atoms with Gasteiger partial charge in [-0.2, -0.15) is 0 Å². The van der Waals surface area contributed by atoms with Crippen LogP contribution in [-0.4, -0.2) is 40.6 Å². The Labute approximate surface area is 117 Å². The third kappa shape index (κ3) is 3.37. The molecule has 1 fully saturated rings. The number of imidazole rings is 1. The van der Waals surface area contributed by atoms with Crippen molar-refractivity contribution in [2.24, 2.45) is 0 Å². The van der Waals surface area contributed by atoms with Crippen LogP contribution in [0, 0.1) is 0 Å². The van der Waals surface area contributed by atoms with Crippen LogP contribution in [0.2, 0.25) is 0 Å². The van der Waals surface area contributed by atoms with E-state index < -0.39 is 0 Å². The Morgan fingerprint density at radius 3 is 2.63 bits per heavy atom. The van der Waals surface area contributed by atoms with Gasteiger partial charge in [0.25, 0.3) is 0 Å². The first-order valence-corrected chi connectivity index (χ1v) is 7.48. The molecule has 19 heavy (non-hydrogen) atoms. The third-order valence-corrected chi connectivity index (χ3v) is 4.45. The van der Waals surface area contributed by atoms with E-state index in [-0.39, 0.29) is 5.54 Å². The first-order chi connectivity index (χ1) is 9.04. The van der Waals surface area contributed by atoms with E-state index in [1.807, 2.05) is 19.6 Å². The average molecular weight is 264 g/mol. The zero-order valence-electron chi connectivity index (χ0n) is 12.8. The van der Waals surface area contributed by atoms with Crippen LogP contribution in [0.4, 0.5) is 0 Å². The lowest BCUT2D eigenvalue weighted by molar-refractivity contribution is 0.157. The molecule has 4 nitrogen and oxygen atoms in total. The number of aromatic nitrogens is 2. The van der Waals surface area contributed by atoms with Crippen LogP contribution in [0.5, 0.6) is 0 Å². The maximum Gasteiger partial charge on any atom is 0.0949 e. The summed E-state index contributed by atoms with van der Waals surface area (Å²) in [6.07, 6.45) is 8.05. The summed E-state index contributed by atoms with van der Waals surface area (Å²) < 4.78 is 2.30.